The van der Waals surface area contributed by atoms with E-state index in [1.165, 1.54) is 0 Å². The van der Waals surface area contributed by atoms with E-state index in [2.05, 4.69) is 31.7 Å². The maximum atomic E-state index is 12.6. The monoisotopic (exact) mass is 556 g/mol. The number of aromatic nitrogens is 3. The number of ether oxygens (including phenoxy) is 2. The quantitative estimate of drug-likeness (QED) is 0.290. The summed E-state index contributed by atoms with van der Waals surface area (Å²) in [6, 6.07) is 13.0. The minimum absolute atomic E-state index is 0.00611. The average molecular weight is 557 g/mol. The normalized spacial score (nSPS) is 11.2. The van der Waals surface area contributed by atoms with Gasteiger partial charge < -0.3 is 20.1 Å². The van der Waals surface area contributed by atoms with Crippen molar-refractivity contribution in [1.82, 2.24) is 15.0 Å². The summed E-state index contributed by atoms with van der Waals surface area (Å²) in [6.07, 6.45) is 0.284. The second kappa shape index (κ2) is 14.1. The molecule has 0 saturated heterocycles. The fourth-order valence-electron chi connectivity index (χ4n) is 3.38. The van der Waals surface area contributed by atoms with E-state index < -0.39 is 18.0 Å². The van der Waals surface area contributed by atoms with Crippen LogP contribution in [-0.2, 0) is 25.5 Å². The second-order valence-electron chi connectivity index (χ2n) is 7.88. The molecule has 0 unspecified atom stereocenters. The van der Waals surface area contributed by atoms with Crippen molar-refractivity contribution < 1.29 is 19.1 Å². The Hall–Kier alpha value is -3.94. The number of rotatable bonds is 12. The number of carbonyl (C=O) groups excluding carboxylic acids is 2. The van der Waals surface area contributed by atoms with E-state index in [9.17, 15) is 9.59 Å². The molecule has 38 heavy (non-hydrogen) atoms. The van der Waals surface area contributed by atoms with Gasteiger partial charge >= 0.3 is 11.9 Å². The minimum Gasteiger partial charge on any atom is -0.466 e. The van der Waals surface area contributed by atoms with Gasteiger partial charge in [-0.3, -0.25) is 4.79 Å². The molecule has 3 aromatic rings. The number of nitrogens with zero attached hydrogens (tertiary/aromatic N) is 4. The zero-order valence-electron chi connectivity index (χ0n) is 20.8. The number of benzene rings is 2. The molecule has 10 nitrogen and oxygen atoms in total. The molecule has 2 N–H and O–H groups in total. The van der Waals surface area contributed by atoms with E-state index in [-0.39, 0.29) is 44.4 Å². The topological polar surface area (TPSA) is 139 Å². The number of hydrogen-bond acceptors (Lipinski definition) is 10. The van der Waals surface area contributed by atoms with Gasteiger partial charge in [0.05, 0.1) is 24.8 Å². The smallest absolute Gasteiger partial charge is 0.328 e. The zero-order valence-corrected chi connectivity index (χ0v) is 22.3. The van der Waals surface area contributed by atoms with Crippen LogP contribution in [0.15, 0.2) is 42.5 Å². The Balaban J connectivity index is 1.94. The molecule has 2 aromatic carbocycles. The second-order valence-corrected chi connectivity index (χ2v) is 8.70. The van der Waals surface area contributed by atoms with Crippen LogP contribution in [0.4, 0.5) is 17.6 Å². The Labute approximate surface area is 230 Å². The molecule has 0 bridgehead atoms. The van der Waals surface area contributed by atoms with Crippen LogP contribution < -0.4 is 10.6 Å². The van der Waals surface area contributed by atoms with Crippen LogP contribution in [-0.4, -0.2) is 46.1 Å². The number of hydrogen-bond donors (Lipinski definition) is 2. The summed E-state index contributed by atoms with van der Waals surface area (Å²) < 4.78 is 10.1. The van der Waals surface area contributed by atoms with Crippen molar-refractivity contribution in [3.63, 3.8) is 0 Å². The van der Waals surface area contributed by atoms with Crippen molar-refractivity contribution in [2.24, 2.45) is 0 Å². The summed E-state index contributed by atoms with van der Waals surface area (Å²) in [4.78, 5) is 37.9. The molecule has 0 amide bonds. The van der Waals surface area contributed by atoms with Crippen molar-refractivity contribution >= 4 is 52.7 Å². The summed E-state index contributed by atoms with van der Waals surface area (Å²) in [5.41, 5.74) is 1.76. The van der Waals surface area contributed by atoms with E-state index in [4.69, 9.17) is 37.9 Å². The van der Waals surface area contributed by atoms with E-state index >= 15 is 0 Å². The lowest BCUT2D eigenvalue weighted by atomic mass is 10.1. The molecular formula is C26H26Cl2N6O4. The van der Waals surface area contributed by atoms with Gasteiger partial charge in [0, 0.05) is 28.6 Å². The number of carbonyl (C=O) groups is 2. The van der Waals surface area contributed by atoms with Gasteiger partial charge in [0.1, 0.15) is 11.9 Å². The van der Waals surface area contributed by atoms with Gasteiger partial charge in [0.2, 0.25) is 11.9 Å². The van der Waals surface area contributed by atoms with Gasteiger partial charge in [0.15, 0.2) is 0 Å². The lowest BCUT2D eigenvalue weighted by Gasteiger charge is -2.18. The van der Waals surface area contributed by atoms with Crippen LogP contribution in [0.25, 0.3) is 0 Å². The lowest BCUT2D eigenvalue weighted by molar-refractivity contribution is -0.145. The molecule has 0 fully saturated rings. The van der Waals surface area contributed by atoms with Crippen molar-refractivity contribution in [3.8, 4) is 6.07 Å². The first-order valence-electron chi connectivity index (χ1n) is 11.9. The van der Waals surface area contributed by atoms with Crippen LogP contribution in [0.5, 0.6) is 0 Å². The van der Waals surface area contributed by atoms with Crippen molar-refractivity contribution in [2.45, 2.75) is 39.2 Å². The summed E-state index contributed by atoms with van der Waals surface area (Å²) in [6.45, 7) is 3.80. The van der Waals surface area contributed by atoms with Crippen LogP contribution in [0.1, 0.15) is 43.6 Å². The van der Waals surface area contributed by atoms with Crippen LogP contribution in [0.3, 0.4) is 0 Å². The van der Waals surface area contributed by atoms with Crippen molar-refractivity contribution in [1.29, 1.82) is 5.26 Å². The summed E-state index contributed by atoms with van der Waals surface area (Å²) >= 11 is 12.7. The largest absolute Gasteiger partial charge is 0.466 e. The molecule has 0 spiro atoms. The first kappa shape index (κ1) is 28.6. The molecule has 12 heteroatoms. The predicted octanol–water partition coefficient (Wildman–Crippen LogP) is 5.07. The van der Waals surface area contributed by atoms with E-state index in [1.54, 1.807) is 56.3 Å². The van der Waals surface area contributed by atoms with E-state index in [0.717, 1.165) is 0 Å². The molecule has 1 heterocycles. The van der Waals surface area contributed by atoms with Crippen molar-refractivity contribution in [2.75, 3.05) is 23.8 Å². The Kier molecular flexibility index (Phi) is 10.6. The highest BCUT2D eigenvalue weighted by Crippen LogP contribution is 2.27. The molecule has 198 valence electrons. The maximum Gasteiger partial charge on any atom is 0.328 e. The number of esters is 2. The molecule has 0 radical (unpaired) electrons. The standard InChI is InChI=1S/C26H26Cl2N6O4/c1-3-37-23(35)13-12-21(24(36)38-4-2)31-26-33-22(14-18-19(27)6-5-7-20(18)28)32-25(34-26)30-17-10-8-16(15-29)9-11-17/h5-11,21H,3-4,12-14H2,1-2H3,(H2,30,31,32,33,34)/t21-/m0/s1. The minimum atomic E-state index is -0.915. The Morgan fingerprint density at radius 1 is 0.974 bits per heavy atom. The third-order valence-corrected chi connectivity index (χ3v) is 5.87. The lowest BCUT2D eigenvalue weighted by Crippen LogP contribution is -2.33. The SMILES string of the molecule is CCOC(=O)CC[C@H](Nc1nc(Cc2c(Cl)cccc2Cl)nc(Nc2ccc(C#N)cc2)n1)C(=O)OCC. The van der Waals surface area contributed by atoms with Crippen LogP contribution in [0.2, 0.25) is 10.0 Å². The average Bonchev–Trinajstić information content (AvgIpc) is 2.89. The predicted molar refractivity (Wildman–Crippen MR) is 143 cm³/mol. The molecular weight excluding hydrogens is 531 g/mol. The summed E-state index contributed by atoms with van der Waals surface area (Å²) in [7, 11) is 0. The summed E-state index contributed by atoms with van der Waals surface area (Å²) in [5, 5.41) is 16.0. The van der Waals surface area contributed by atoms with Gasteiger partial charge in [-0.2, -0.15) is 20.2 Å². The molecule has 0 saturated carbocycles. The number of halogens is 2. The van der Waals surface area contributed by atoms with Crippen LogP contribution >= 0.6 is 23.2 Å². The highest BCUT2D eigenvalue weighted by atomic mass is 35.5. The highest BCUT2D eigenvalue weighted by molar-refractivity contribution is 6.36. The van der Waals surface area contributed by atoms with Crippen LogP contribution in [0, 0.1) is 11.3 Å². The fraction of sp³-hybridized carbons (Fsp3) is 0.308. The molecule has 1 aromatic heterocycles. The fourth-order valence-corrected chi connectivity index (χ4v) is 3.91. The van der Waals surface area contributed by atoms with Gasteiger partial charge in [-0.05, 0) is 62.2 Å². The van der Waals surface area contributed by atoms with Gasteiger partial charge in [0.25, 0.3) is 0 Å². The number of anilines is 3. The molecule has 0 aliphatic carbocycles. The van der Waals surface area contributed by atoms with Crippen molar-refractivity contribution in [3.05, 3.63) is 69.5 Å². The molecule has 0 aliphatic heterocycles. The Morgan fingerprint density at radius 3 is 2.26 bits per heavy atom. The zero-order chi connectivity index (χ0) is 27.5. The maximum absolute atomic E-state index is 12.6. The Morgan fingerprint density at radius 2 is 1.63 bits per heavy atom. The van der Waals surface area contributed by atoms with E-state index in [0.29, 0.717) is 32.7 Å². The van der Waals surface area contributed by atoms with E-state index in [1.807, 2.05) is 0 Å². The third kappa shape index (κ3) is 8.30. The molecule has 1 atom stereocenters. The third-order valence-electron chi connectivity index (χ3n) is 5.17. The first-order valence-corrected chi connectivity index (χ1v) is 12.6. The van der Waals surface area contributed by atoms with Gasteiger partial charge in [-0.1, -0.05) is 29.3 Å². The van der Waals surface area contributed by atoms with Gasteiger partial charge in [-0.25, -0.2) is 4.79 Å². The first-order chi connectivity index (χ1) is 18.3. The molecule has 0 aliphatic rings. The Bertz CT molecular complexity index is 1290. The number of nitrogens with one attached hydrogen (secondary N) is 2. The highest BCUT2D eigenvalue weighted by Gasteiger charge is 2.23. The van der Waals surface area contributed by atoms with Gasteiger partial charge in [-0.15, -0.1) is 0 Å². The molecule has 3 rings (SSSR count). The number of nitriles is 1. The summed E-state index contributed by atoms with van der Waals surface area (Å²) in [5.74, 6) is -0.415.